The highest BCUT2D eigenvalue weighted by molar-refractivity contribution is 5.90. The zero-order chi connectivity index (χ0) is 11.7. The maximum atomic E-state index is 11.1. The summed E-state index contributed by atoms with van der Waals surface area (Å²) in [4.78, 5) is 22.1. The number of carbonyl (C=O) groups is 2. The molecule has 2 unspecified atom stereocenters. The Morgan fingerprint density at radius 1 is 1.38 bits per heavy atom. The van der Waals surface area contributed by atoms with Gasteiger partial charge in [-0.2, -0.15) is 0 Å². The van der Waals surface area contributed by atoms with Gasteiger partial charge in [-0.05, 0) is 11.6 Å². The summed E-state index contributed by atoms with van der Waals surface area (Å²) >= 11 is 0. The Kier molecular flexibility index (Phi) is 2.62. The lowest BCUT2D eigenvalue weighted by atomic mass is 9.97. The van der Waals surface area contributed by atoms with Crippen LogP contribution in [0, 0.1) is 0 Å². The van der Waals surface area contributed by atoms with Crippen LogP contribution in [0.2, 0.25) is 0 Å². The number of nitrogens with one attached hydrogen (secondary N) is 1. The molecule has 5 nitrogen and oxygen atoms in total. The van der Waals surface area contributed by atoms with Crippen molar-refractivity contribution in [1.29, 1.82) is 0 Å². The van der Waals surface area contributed by atoms with E-state index in [9.17, 15) is 14.7 Å². The average Bonchev–Trinajstić information content (AvgIpc) is 2.57. The molecule has 0 radical (unpaired) electrons. The van der Waals surface area contributed by atoms with Gasteiger partial charge in [0.2, 0.25) is 5.91 Å². The molecule has 0 aromatic heterocycles. The Morgan fingerprint density at radius 2 is 2.06 bits per heavy atom. The minimum Gasteiger partial charge on any atom is -0.478 e. The maximum absolute atomic E-state index is 11.1. The number of aliphatic hydroxyl groups is 1. The SMILES string of the molecule is O=C1CC(O)C(c2ccccc2C(=O)O)N1. The lowest BCUT2D eigenvalue weighted by molar-refractivity contribution is -0.119. The number of hydrogen-bond donors (Lipinski definition) is 3. The Hall–Kier alpha value is -1.88. The van der Waals surface area contributed by atoms with Crippen LogP contribution in [0.25, 0.3) is 0 Å². The first-order valence-electron chi connectivity index (χ1n) is 4.89. The fraction of sp³-hybridized carbons (Fsp3) is 0.273. The highest BCUT2D eigenvalue weighted by Crippen LogP contribution is 2.27. The molecule has 0 aliphatic carbocycles. The number of rotatable bonds is 2. The standard InChI is InChI=1S/C11H11NO4/c13-8-5-9(14)12-10(8)6-3-1-2-4-7(6)11(15)16/h1-4,8,10,13H,5H2,(H,12,14)(H,15,16). The first-order chi connectivity index (χ1) is 7.59. The minimum atomic E-state index is -1.07. The van der Waals surface area contributed by atoms with Gasteiger partial charge in [-0.1, -0.05) is 18.2 Å². The molecule has 1 aromatic rings. The molecule has 1 aliphatic heterocycles. The monoisotopic (exact) mass is 221 g/mol. The smallest absolute Gasteiger partial charge is 0.336 e. The molecule has 1 amide bonds. The summed E-state index contributed by atoms with van der Waals surface area (Å²) in [5.74, 6) is -1.33. The van der Waals surface area contributed by atoms with E-state index in [1.165, 1.54) is 6.07 Å². The summed E-state index contributed by atoms with van der Waals surface area (Å²) < 4.78 is 0. The Balaban J connectivity index is 2.40. The number of amides is 1. The summed E-state index contributed by atoms with van der Waals surface area (Å²) in [5.41, 5.74) is 0.544. The van der Waals surface area contributed by atoms with Crippen LogP contribution in [0.4, 0.5) is 0 Å². The predicted molar refractivity (Wildman–Crippen MR) is 54.9 cm³/mol. The molecule has 1 heterocycles. The van der Waals surface area contributed by atoms with Crippen molar-refractivity contribution in [1.82, 2.24) is 5.32 Å². The Bertz CT molecular complexity index is 443. The molecular formula is C11H11NO4. The highest BCUT2D eigenvalue weighted by Gasteiger charge is 2.33. The van der Waals surface area contributed by atoms with Gasteiger partial charge in [0.05, 0.1) is 24.1 Å². The Labute approximate surface area is 91.7 Å². The summed E-state index contributed by atoms with van der Waals surface area (Å²) in [6.07, 6.45) is -0.855. The first kappa shape index (κ1) is 10.6. The van der Waals surface area contributed by atoms with E-state index in [0.717, 1.165) is 0 Å². The van der Waals surface area contributed by atoms with Crippen molar-refractivity contribution in [2.75, 3.05) is 0 Å². The van der Waals surface area contributed by atoms with Gasteiger partial charge >= 0.3 is 5.97 Å². The largest absolute Gasteiger partial charge is 0.478 e. The third-order valence-electron chi connectivity index (χ3n) is 2.62. The molecule has 2 rings (SSSR count). The number of aliphatic hydroxyl groups excluding tert-OH is 1. The van der Waals surface area contributed by atoms with E-state index in [1.54, 1.807) is 18.2 Å². The van der Waals surface area contributed by atoms with E-state index in [0.29, 0.717) is 5.56 Å². The van der Waals surface area contributed by atoms with Gasteiger partial charge in [0.25, 0.3) is 0 Å². The van der Waals surface area contributed by atoms with Gasteiger partial charge in [-0.3, -0.25) is 4.79 Å². The topological polar surface area (TPSA) is 86.6 Å². The summed E-state index contributed by atoms with van der Waals surface area (Å²) in [6.45, 7) is 0. The highest BCUT2D eigenvalue weighted by atomic mass is 16.4. The summed E-state index contributed by atoms with van der Waals surface area (Å²) in [5, 5.41) is 21.2. The molecule has 16 heavy (non-hydrogen) atoms. The normalized spacial score (nSPS) is 24.2. The fourth-order valence-electron chi connectivity index (χ4n) is 1.88. The van der Waals surface area contributed by atoms with Crippen LogP contribution < -0.4 is 5.32 Å². The molecule has 1 aliphatic rings. The molecule has 1 fully saturated rings. The quantitative estimate of drug-likeness (QED) is 0.670. The van der Waals surface area contributed by atoms with E-state index in [1.807, 2.05) is 0 Å². The molecule has 0 spiro atoms. The molecule has 3 N–H and O–H groups in total. The summed E-state index contributed by atoms with van der Waals surface area (Å²) in [6, 6.07) is 5.71. The van der Waals surface area contributed by atoms with Crippen LogP contribution in [0.3, 0.4) is 0 Å². The van der Waals surface area contributed by atoms with Crippen molar-refractivity contribution in [3.8, 4) is 0 Å². The lowest BCUT2D eigenvalue weighted by Gasteiger charge is -2.16. The second-order valence-corrected chi connectivity index (χ2v) is 3.71. The van der Waals surface area contributed by atoms with E-state index in [-0.39, 0.29) is 17.9 Å². The van der Waals surface area contributed by atoms with Gasteiger partial charge in [0.15, 0.2) is 0 Å². The number of aromatic carboxylic acids is 1. The molecular weight excluding hydrogens is 210 g/mol. The summed E-state index contributed by atoms with van der Waals surface area (Å²) in [7, 11) is 0. The van der Waals surface area contributed by atoms with E-state index in [4.69, 9.17) is 5.11 Å². The molecule has 1 saturated heterocycles. The average molecular weight is 221 g/mol. The van der Waals surface area contributed by atoms with Crippen molar-refractivity contribution in [3.05, 3.63) is 35.4 Å². The van der Waals surface area contributed by atoms with Crippen molar-refractivity contribution in [2.24, 2.45) is 0 Å². The van der Waals surface area contributed by atoms with Gasteiger partial charge in [-0.15, -0.1) is 0 Å². The second kappa shape index (κ2) is 3.94. The number of carboxylic acid groups (broad SMARTS) is 1. The van der Waals surface area contributed by atoms with Crippen LogP contribution in [0.1, 0.15) is 28.4 Å². The van der Waals surface area contributed by atoms with Crippen LogP contribution >= 0.6 is 0 Å². The van der Waals surface area contributed by atoms with Crippen molar-refractivity contribution in [2.45, 2.75) is 18.6 Å². The number of carbonyl (C=O) groups excluding carboxylic acids is 1. The molecule has 0 bridgehead atoms. The Morgan fingerprint density at radius 3 is 2.62 bits per heavy atom. The van der Waals surface area contributed by atoms with Crippen molar-refractivity contribution >= 4 is 11.9 Å². The van der Waals surface area contributed by atoms with Crippen molar-refractivity contribution < 1.29 is 19.8 Å². The van der Waals surface area contributed by atoms with E-state index >= 15 is 0 Å². The van der Waals surface area contributed by atoms with Crippen LogP contribution in [0.5, 0.6) is 0 Å². The van der Waals surface area contributed by atoms with Gasteiger partial charge in [0, 0.05) is 0 Å². The molecule has 5 heteroatoms. The number of benzene rings is 1. The molecule has 1 aromatic carbocycles. The predicted octanol–water partition coefficient (Wildman–Crippen LogP) is 0.307. The zero-order valence-corrected chi connectivity index (χ0v) is 8.38. The van der Waals surface area contributed by atoms with Gasteiger partial charge in [-0.25, -0.2) is 4.79 Å². The van der Waals surface area contributed by atoms with Crippen LogP contribution in [0.15, 0.2) is 24.3 Å². The number of hydrogen-bond acceptors (Lipinski definition) is 3. The first-order valence-corrected chi connectivity index (χ1v) is 4.89. The van der Waals surface area contributed by atoms with Crippen LogP contribution in [-0.4, -0.2) is 28.2 Å². The molecule has 0 saturated carbocycles. The second-order valence-electron chi connectivity index (χ2n) is 3.71. The third-order valence-corrected chi connectivity index (χ3v) is 2.62. The zero-order valence-electron chi connectivity index (χ0n) is 8.38. The molecule has 2 atom stereocenters. The van der Waals surface area contributed by atoms with Gasteiger partial charge < -0.3 is 15.5 Å². The minimum absolute atomic E-state index is 0.0125. The number of carboxylic acids is 1. The van der Waals surface area contributed by atoms with E-state index in [2.05, 4.69) is 5.32 Å². The van der Waals surface area contributed by atoms with Gasteiger partial charge in [0.1, 0.15) is 0 Å². The molecule has 84 valence electrons. The third kappa shape index (κ3) is 1.77. The fourth-order valence-corrected chi connectivity index (χ4v) is 1.88. The van der Waals surface area contributed by atoms with E-state index < -0.39 is 18.1 Å². The lowest BCUT2D eigenvalue weighted by Crippen LogP contribution is -2.24. The van der Waals surface area contributed by atoms with Crippen molar-refractivity contribution in [3.63, 3.8) is 0 Å². The maximum Gasteiger partial charge on any atom is 0.336 e. The van der Waals surface area contributed by atoms with Crippen LogP contribution in [-0.2, 0) is 4.79 Å².